The monoisotopic (exact) mass is 240 g/mol. The molecule has 3 heteroatoms. The molecular formula is C13H21ClN2. The van der Waals surface area contributed by atoms with Crippen LogP contribution >= 0.6 is 11.6 Å². The molecule has 1 N–H and O–H groups in total. The van der Waals surface area contributed by atoms with E-state index in [-0.39, 0.29) is 0 Å². The summed E-state index contributed by atoms with van der Waals surface area (Å²) in [4.78, 5) is 3.96. The zero-order valence-electron chi connectivity index (χ0n) is 10.2. The van der Waals surface area contributed by atoms with E-state index >= 15 is 0 Å². The zero-order chi connectivity index (χ0) is 11.8. The first-order chi connectivity index (χ1) is 7.72. The predicted octanol–water partition coefficient (Wildman–Crippen LogP) is 4.51. The largest absolute Gasteiger partial charge is 0.382 e. The van der Waals surface area contributed by atoms with Gasteiger partial charge in [-0.3, -0.25) is 0 Å². The fourth-order valence-electron chi connectivity index (χ4n) is 1.73. The molecule has 1 rings (SSSR count). The van der Waals surface area contributed by atoms with E-state index in [2.05, 4.69) is 24.1 Å². The highest BCUT2D eigenvalue weighted by atomic mass is 35.5. The Morgan fingerprint density at radius 1 is 1.38 bits per heavy atom. The maximum Gasteiger partial charge on any atom is 0.131 e. The van der Waals surface area contributed by atoms with Crippen LogP contribution in [0.5, 0.6) is 0 Å². The Morgan fingerprint density at radius 2 is 2.19 bits per heavy atom. The van der Waals surface area contributed by atoms with Crippen molar-refractivity contribution in [2.24, 2.45) is 0 Å². The van der Waals surface area contributed by atoms with Gasteiger partial charge in [0.25, 0.3) is 0 Å². The molecule has 2 nitrogen and oxygen atoms in total. The molecule has 0 saturated heterocycles. The van der Waals surface area contributed by atoms with Gasteiger partial charge in [-0.15, -0.1) is 0 Å². The second kappa shape index (κ2) is 7.50. The van der Waals surface area contributed by atoms with Crippen molar-refractivity contribution < 1.29 is 0 Å². The fourth-order valence-corrected chi connectivity index (χ4v) is 1.90. The minimum atomic E-state index is 0.496. The normalized spacial score (nSPS) is 12.4. The summed E-state index contributed by atoms with van der Waals surface area (Å²) in [5.74, 6) is 0. The van der Waals surface area contributed by atoms with E-state index in [1.54, 1.807) is 6.20 Å². The van der Waals surface area contributed by atoms with Crippen molar-refractivity contribution in [3.8, 4) is 0 Å². The van der Waals surface area contributed by atoms with Crippen molar-refractivity contribution in [3.63, 3.8) is 0 Å². The molecule has 0 radical (unpaired) electrons. The van der Waals surface area contributed by atoms with E-state index in [9.17, 15) is 0 Å². The highest BCUT2D eigenvalue weighted by molar-refractivity contribution is 6.29. The van der Waals surface area contributed by atoms with Gasteiger partial charge in [0.1, 0.15) is 5.15 Å². The zero-order valence-corrected chi connectivity index (χ0v) is 10.9. The molecule has 0 aliphatic carbocycles. The molecule has 0 aliphatic rings. The van der Waals surface area contributed by atoms with Crippen LogP contribution in [0.15, 0.2) is 18.3 Å². The maximum absolute atomic E-state index is 5.82. The summed E-state index contributed by atoms with van der Waals surface area (Å²) in [6.07, 6.45) is 8.20. The Kier molecular flexibility index (Phi) is 6.24. The van der Waals surface area contributed by atoms with Crippen molar-refractivity contribution in [2.75, 3.05) is 5.32 Å². The van der Waals surface area contributed by atoms with Crippen LogP contribution in [-0.4, -0.2) is 11.0 Å². The van der Waals surface area contributed by atoms with Gasteiger partial charge in [0.05, 0.1) is 0 Å². The Balaban J connectivity index is 2.25. The molecular weight excluding hydrogens is 220 g/mol. The number of anilines is 1. The van der Waals surface area contributed by atoms with E-state index in [0.717, 1.165) is 5.69 Å². The van der Waals surface area contributed by atoms with E-state index in [4.69, 9.17) is 11.6 Å². The summed E-state index contributed by atoms with van der Waals surface area (Å²) in [6.45, 7) is 4.45. The van der Waals surface area contributed by atoms with Crippen LogP contribution in [0.1, 0.15) is 46.0 Å². The predicted molar refractivity (Wildman–Crippen MR) is 71.1 cm³/mol. The summed E-state index contributed by atoms with van der Waals surface area (Å²) in [5.41, 5.74) is 1.06. The average molecular weight is 241 g/mol. The maximum atomic E-state index is 5.82. The minimum absolute atomic E-state index is 0.496. The lowest BCUT2D eigenvalue weighted by Gasteiger charge is -2.14. The molecule has 0 spiro atoms. The summed E-state index contributed by atoms with van der Waals surface area (Å²) >= 11 is 5.82. The first-order valence-corrected chi connectivity index (χ1v) is 6.48. The molecule has 0 aromatic carbocycles. The van der Waals surface area contributed by atoms with Crippen LogP contribution in [0.2, 0.25) is 5.15 Å². The van der Waals surface area contributed by atoms with Crippen LogP contribution in [0.25, 0.3) is 0 Å². The number of unbranched alkanes of at least 4 members (excludes halogenated alkanes) is 3. The highest BCUT2D eigenvalue weighted by Gasteiger charge is 2.02. The van der Waals surface area contributed by atoms with Crippen molar-refractivity contribution >= 4 is 17.3 Å². The van der Waals surface area contributed by atoms with Gasteiger partial charge < -0.3 is 5.32 Å². The smallest absolute Gasteiger partial charge is 0.131 e. The summed E-state index contributed by atoms with van der Waals surface area (Å²) in [6, 6.07) is 4.31. The van der Waals surface area contributed by atoms with Crippen LogP contribution in [0.4, 0.5) is 5.69 Å². The number of aromatic nitrogens is 1. The molecule has 0 bridgehead atoms. The number of halogens is 1. The molecule has 90 valence electrons. The molecule has 1 aromatic rings. The lowest BCUT2D eigenvalue weighted by Crippen LogP contribution is -2.14. The Hall–Kier alpha value is -0.760. The van der Waals surface area contributed by atoms with Crippen LogP contribution in [-0.2, 0) is 0 Å². The molecule has 0 aliphatic heterocycles. The van der Waals surface area contributed by atoms with Crippen molar-refractivity contribution in [1.29, 1.82) is 0 Å². The van der Waals surface area contributed by atoms with E-state index in [1.807, 2.05) is 12.1 Å². The average Bonchev–Trinajstić information content (AvgIpc) is 2.24. The van der Waals surface area contributed by atoms with Gasteiger partial charge in [0.2, 0.25) is 0 Å². The molecule has 0 saturated carbocycles. The third-order valence-electron chi connectivity index (χ3n) is 2.63. The van der Waals surface area contributed by atoms with Crippen molar-refractivity contribution in [1.82, 2.24) is 4.98 Å². The van der Waals surface area contributed by atoms with E-state index in [1.165, 1.54) is 32.1 Å². The quantitative estimate of drug-likeness (QED) is 0.561. The SMILES string of the molecule is CCCCCCC(C)Nc1ccnc(Cl)c1. The van der Waals surface area contributed by atoms with E-state index in [0.29, 0.717) is 11.2 Å². The highest BCUT2D eigenvalue weighted by Crippen LogP contribution is 2.15. The lowest BCUT2D eigenvalue weighted by molar-refractivity contribution is 0.594. The number of hydrogen-bond donors (Lipinski definition) is 1. The van der Waals surface area contributed by atoms with Gasteiger partial charge in [0.15, 0.2) is 0 Å². The molecule has 16 heavy (non-hydrogen) atoms. The van der Waals surface area contributed by atoms with Gasteiger partial charge in [-0.1, -0.05) is 44.2 Å². The summed E-state index contributed by atoms with van der Waals surface area (Å²) in [7, 11) is 0. The number of pyridine rings is 1. The Bertz CT molecular complexity index is 302. The van der Waals surface area contributed by atoms with Crippen LogP contribution in [0.3, 0.4) is 0 Å². The van der Waals surface area contributed by atoms with E-state index < -0.39 is 0 Å². The standard InChI is InChI=1S/C13H21ClN2/c1-3-4-5-6-7-11(2)16-12-8-9-15-13(14)10-12/h8-11H,3-7H2,1-2H3,(H,15,16). The topological polar surface area (TPSA) is 24.9 Å². The number of nitrogens with one attached hydrogen (secondary N) is 1. The number of nitrogens with zero attached hydrogens (tertiary/aromatic N) is 1. The molecule has 1 heterocycles. The van der Waals surface area contributed by atoms with Crippen molar-refractivity contribution in [3.05, 3.63) is 23.5 Å². The number of hydrogen-bond acceptors (Lipinski definition) is 2. The second-order valence-corrected chi connectivity index (χ2v) is 4.65. The molecule has 1 atom stereocenters. The number of rotatable bonds is 7. The molecule has 0 fully saturated rings. The minimum Gasteiger partial charge on any atom is -0.382 e. The first kappa shape index (κ1) is 13.3. The van der Waals surface area contributed by atoms with Gasteiger partial charge in [-0.05, 0) is 25.5 Å². The fraction of sp³-hybridized carbons (Fsp3) is 0.615. The molecule has 1 unspecified atom stereocenters. The van der Waals surface area contributed by atoms with Gasteiger partial charge in [-0.25, -0.2) is 4.98 Å². The van der Waals surface area contributed by atoms with Crippen LogP contribution in [0, 0.1) is 0 Å². The Labute approximate surface area is 103 Å². The second-order valence-electron chi connectivity index (χ2n) is 4.26. The molecule has 1 aromatic heterocycles. The van der Waals surface area contributed by atoms with Gasteiger partial charge in [-0.2, -0.15) is 0 Å². The summed E-state index contributed by atoms with van der Waals surface area (Å²) < 4.78 is 0. The Morgan fingerprint density at radius 3 is 2.88 bits per heavy atom. The summed E-state index contributed by atoms with van der Waals surface area (Å²) in [5, 5.41) is 3.98. The lowest BCUT2D eigenvalue weighted by atomic mass is 10.1. The molecule has 0 amide bonds. The van der Waals surface area contributed by atoms with Gasteiger partial charge >= 0.3 is 0 Å². The van der Waals surface area contributed by atoms with Crippen LogP contribution < -0.4 is 5.32 Å². The third kappa shape index (κ3) is 5.36. The van der Waals surface area contributed by atoms with Gasteiger partial charge in [0, 0.05) is 17.9 Å². The third-order valence-corrected chi connectivity index (χ3v) is 2.84. The first-order valence-electron chi connectivity index (χ1n) is 6.10. The van der Waals surface area contributed by atoms with Crippen molar-refractivity contribution in [2.45, 2.75) is 52.0 Å².